The molecule has 41 heavy (non-hydrogen) atoms. The van der Waals surface area contributed by atoms with Crippen LogP contribution in [-0.4, -0.2) is 44.9 Å². The predicted octanol–water partition coefficient (Wildman–Crippen LogP) is 4.63. The van der Waals surface area contributed by atoms with E-state index in [1.54, 1.807) is 12.1 Å². The van der Waals surface area contributed by atoms with Gasteiger partial charge in [-0.1, -0.05) is 72.8 Å². The SMILES string of the molecule is CC[C@H](SC1=Nc2ccccc2C2=N[C@@H](CC(=O)NCc3ccc(F)cc3)C(=O)N12)C(=O)NCc1ccc(C)cc1. The second-order valence-electron chi connectivity index (χ2n) is 9.88. The molecule has 2 aliphatic heterocycles. The molecule has 0 spiro atoms. The minimum Gasteiger partial charge on any atom is -0.352 e. The van der Waals surface area contributed by atoms with Gasteiger partial charge in [-0.2, -0.15) is 0 Å². The average Bonchev–Trinajstić information content (AvgIpc) is 3.31. The molecule has 0 unspecified atom stereocenters. The third kappa shape index (κ3) is 6.54. The highest BCUT2D eigenvalue weighted by Crippen LogP contribution is 2.35. The summed E-state index contributed by atoms with van der Waals surface area (Å²) in [6, 6.07) is 20.2. The van der Waals surface area contributed by atoms with Crippen molar-refractivity contribution < 1.29 is 18.8 Å². The van der Waals surface area contributed by atoms with E-state index in [4.69, 9.17) is 4.99 Å². The highest BCUT2D eigenvalue weighted by Gasteiger charge is 2.43. The van der Waals surface area contributed by atoms with Gasteiger partial charge >= 0.3 is 0 Å². The molecule has 3 aromatic carbocycles. The van der Waals surface area contributed by atoms with Gasteiger partial charge in [0.2, 0.25) is 11.8 Å². The van der Waals surface area contributed by atoms with Crippen molar-refractivity contribution in [1.29, 1.82) is 0 Å². The van der Waals surface area contributed by atoms with Crippen LogP contribution < -0.4 is 10.6 Å². The van der Waals surface area contributed by atoms with Gasteiger partial charge in [0.1, 0.15) is 17.7 Å². The Hall–Kier alpha value is -4.31. The van der Waals surface area contributed by atoms with Crippen molar-refractivity contribution >= 4 is 46.2 Å². The molecule has 0 saturated heterocycles. The summed E-state index contributed by atoms with van der Waals surface area (Å²) in [5.41, 5.74) is 4.23. The maximum absolute atomic E-state index is 13.6. The summed E-state index contributed by atoms with van der Waals surface area (Å²) in [5, 5.41) is 5.64. The van der Waals surface area contributed by atoms with Crippen LogP contribution in [0.3, 0.4) is 0 Å². The zero-order chi connectivity index (χ0) is 28.9. The van der Waals surface area contributed by atoms with Crippen molar-refractivity contribution in [2.45, 2.75) is 51.1 Å². The lowest BCUT2D eigenvalue weighted by atomic mass is 10.1. The van der Waals surface area contributed by atoms with Crippen LogP contribution in [-0.2, 0) is 27.5 Å². The van der Waals surface area contributed by atoms with Crippen LogP contribution >= 0.6 is 11.8 Å². The summed E-state index contributed by atoms with van der Waals surface area (Å²) >= 11 is 1.22. The predicted molar refractivity (Wildman–Crippen MR) is 158 cm³/mol. The molecule has 3 amide bonds. The van der Waals surface area contributed by atoms with Gasteiger partial charge in [0, 0.05) is 18.7 Å². The Labute approximate surface area is 242 Å². The van der Waals surface area contributed by atoms with Crippen LogP contribution in [0.5, 0.6) is 0 Å². The third-order valence-corrected chi connectivity index (χ3v) is 8.14. The van der Waals surface area contributed by atoms with E-state index in [2.05, 4.69) is 15.6 Å². The van der Waals surface area contributed by atoms with Gasteiger partial charge < -0.3 is 10.6 Å². The van der Waals surface area contributed by atoms with E-state index in [1.807, 2.05) is 62.4 Å². The van der Waals surface area contributed by atoms with Crippen molar-refractivity contribution in [3.8, 4) is 0 Å². The Morgan fingerprint density at radius 2 is 1.63 bits per heavy atom. The summed E-state index contributed by atoms with van der Waals surface area (Å²) in [5.74, 6) is -0.796. The fraction of sp³-hybridized carbons (Fsp3) is 0.258. The fourth-order valence-corrected chi connectivity index (χ4v) is 5.57. The Morgan fingerprint density at radius 3 is 2.34 bits per heavy atom. The molecule has 5 rings (SSSR count). The molecule has 2 atom stereocenters. The summed E-state index contributed by atoms with van der Waals surface area (Å²) in [6.45, 7) is 4.53. The van der Waals surface area contributed by atoms with Gasteiger partial charge in [-0.05, 0) is 48.7 Å². The van der Waals surface area contributed by atoms with Crippen molar-refractivity contribution in [1.82, 2.24) is 15.5 Å². The largest absolute Gasteiger partial charge is 0.352 e. The number of nitrogens with one attached hydrogen (secondary N) is 2. The van der Waals surface area contributed by atoms with Crippen molar-refractivity contribution in [2.24, 2.45) is 9.98 Å². The number of carbonyl (C=O) groups excluding carboxylic acids is 3. The first kappa shape index (κ1) is 28.2. The number of aryl methyl sites for hydroxylation is 1. The number of hydrogen-bond donors (Lipinski definition) is 2. The molecule has 8 nitrogen and oxygen atoms in total. The standard InChI is InChI=1S/C31H30FN5O3S/c1-3-26(29(39)34-18-20-10-8-19(2)9-11-20)41-31-36-24-7-5-4-6-23(24)28-35-25(30(40)37(28)31)16-27(38)33-17-21-12-14-22(32)15-13-21/h4-15,25-26H,3,16-18H2,1-2H3,(H,33,38)(H,34,39)/t25-,26-/m0/s1. The highest BCUT2D eigenvalue weighted by molar-refractivity contribution is 8.15. The molecule has 0 fully saturated rings. The van der Waals surface area contributed by atoms with Crippen molar-refractivity contribution in [3.05, 3.63) is 101 Å². The number of halogens is 1. The quantitative estimate of drug-likeness (QED) is 0.391. The molecular weight excluding hydrogens is 541 g/mol. The molecule has 10 heteroatoms. The summed E-state index contributed by atoms with van der Waals surface area (Å²) < 4.78 is 13.2. The van der Waals surface area contributed by atoms with Crippen LogP contribution in [0.15, 0.2) is 82.8 Å². The average molecular weight is 572 g/mol. The molecule has 210 valence electrons. The lowest BCUT2D eigenvalue weighted by molar-refractivity contribution is -0.128. The first-order chi connectivity index (χ1) is 19.8. The molecule has 2 N–H and O–H groups in total. The lowest BCUT2D eigenvalue weighted by Crippen LogP contribution is -2.43. The number of fused-ring (bicyclic) bond motifs is 3. The van der Waals surface area contributed by atoms with E-state index in [1.165, 1.54) is 28.8 Å². The topological polar surface area (TPSA) is 103 Å². The lowest BCUT2D eigenvalue weighted by Gasteiger charge is -2.27. The number of rotatable bonds is 9. The van der Waals surface area contributed by atoms with Gasteiger partial charge in [-0.25, -0.2) is 14.3 Å². The van der Waals surface area contributed by atoms with E-state index >= 15 is 0 Å². The minimum atomic E-state index is -0.925. The number of thioether (sulfide) groups is 1. The number of nitrogens with zero attached hydrogens (tertiary/aromatic N) is 3. The Bertz CT molecular complexity index is 1520. The Kier molecular flexibility index (Phi) is 8.58. The van der Waals surface area contributed by atoms with Crippen LogP contribution in [0.4, 0.5) is 10.1 Å². The van der Waals surface area contributed by atoms with Crippen molar-refractivity contribution in [2.75, 3.05) is 0 Å². The number of aliphatic imine (C=N–C) groups is 2. The summed E-state index contributed by atoms with van der Waals surface area (Å²) in [4.78, 5) is 50.2. The Morgan fingerprint density at radius 1 is 0.976 bits per heavy atom. The number of amidine groups is 2. The first-order valence-electron chi connectivity index (χ1n) is 13.4. The normalized spacial score (nSPS) is 16.3. The summed E-state index contributed by atoms with van der Waals surface area (Å²) in [6.07, 6.45) is 0.378. The molecule has 0 aliphatic carbocycles. The molecule has 2 heterocycles. The zero-order valence-electron chi connectivity index (χ0n) is 22.8. The fourth-order valence-electron chi connectivity index (χ4n) is 4.52. The monoisotopic (exact) mass is 571 g/mol. The second-order valence-corrected chi connectivity index (χ2v) is 11.0. The maximum Gasteiger partial charge on any atom is 0.259 e. The van der Waals surface area contributed by atoms with Gasteiger partial charge in [-0.15, -0.1) is 0 Å². The molecule has 0 saturated carbocycles. The zero-order valence-corrected chi connectivity index (χ0v) is 23.6. The molecular formula is C31H30FN5O3S. The first-order valence-corrected chi connectivity index (χ1v) is 14.3. The maximum atomic E-state index is 13.6. The van der Waals surface area contributed by atoms with E-state index < -0.39 is 11.3 Å². The molecule has 2 aliphatic rings. The second kappa shape index (κ2) is 12.5. The van der Waals surface area contributed by atoms with Crippen LogP contribution in [0, 0.1) is 12.7 Å². The van der Waals surface area contributed by atoms with E-state index in [0.717, 1.165) is 16.7 Å². The van der Waals surface area contributed by atoms with E-state index in [9.17, 15) is 18.8 Å². The molecule has 0 radical (unpaired) electrons. The number of amides is 3. The smallest absolute Gasteiger partial charge is 0.259 e. The number of para-hydroxylation sites is 1. The summed E-state index contributed by atoms with van der Waals surface area (Å²) in [7, 11) is 0. The van der Waals surface area contributed by atoms with Crippen molar-refractivity contribution in [3.63, 3.8) is 0 Å². The third-order valence-electron chi connectivity index (χ3n) is 6.83. The van der Waals surface area contributed by atoms with E-state index in [-0.39, 0.29) is 36.5 Å². The number of hydrogen-bond acceptors (Lipinski definition) is 6. The minimum absolute atomic E-state index is 0.144. The number of benzene rings is 3. The van der Waals surface area contributed by atoms with Gasteiger partial charge in [-0.3, -0.25) is 19.4 Å². The van der Waals surface area contributed by atoms with Crippen LogP contribution in [0.2, 0.25) is 0 Å². The van der Waals surface area contributed by atoms with E-state index in [0.29, 0.717) is 35.2 Å². The van der Waals surface area contributed by atoms with Gasteiger partial charge in [0.25, 0.3) is 5.91 Å². The Balaban J connectivity index is 1.29. The molecule has 3 aromatic rings. The van der Waals surface area contributed by atoms with Crippen LogP contribution in [0.25, 0.3) is 0 Å². The van der Waals surface area contributed by atoms with Gasteiger partial charge in [0.05, 0.1) is 17.4 Å². The molecule has 0 bridgehead atoms. The van der Waals surface area contributed by atoms with Crippen LogP contribution in [0.1, 0.15) is 42.0 Å². The number of carbonyl (C=O) groups is 3. The molecule has 0 aromatic heterocycles. The van der Waals surface area contributed by atoms with Gasteiger partial charge in [0.15, 0.2) is 5.17 Å². The highest BCUT2D eigenvalue weighted by atomic mass is 32.2.